The van der Waals surface area contributed by atoms with Crippen LogP contribution in [0.2, 0.25) is 39.3 Å². The normalized spacial score (nSPS) is 13.7. The molecule has 0 heterocycles. The van der Waals surface area contributed by atoms with Gasteiger partial charge in [0.2, 0.25) is 0 Å². The van der Waals surface area contributed by atoms with Crippen LogP contribution in [0.1, 0.15) is 127 Å². The molecule has 6 heteroatoms. The maximum atomic E-state index is 6.32. The molecular formula is C38H64N2O2Si2. The van der Waals surface area contributed by atoms with Crippen LogP contribution in [0.15, 0.2) is 46.4 Å². The minimum absolute atomic E-state index is 0.378. The predicted octanol–water partition coefficient (Wildman–Crippen LogP) is 12.3. The molecule has 246 valence electrons. The molecule has 2 rings (SSSR count). The Bertz CT molecular complexity index is 1100. The van der Waals surface area contributed by atoms with Gasteiger partial charge in [-0.3, -0.25) is 9.98 Å². The number of nitrogens with zero attached hydrogens (tertiary/aromatic N) is 2. The molecule has 0 aliphatic carbocycles. The van der Waals surface area contributed by atoms with Gasteiger partial charge < -0.3 is 8.85 Å². The van der Waals surface area contributed by atoms with Crippen molar-refractivity contribution in [3.05, 3.63) is 58.7 Å². The fourth-order valence-electron chi connectivity index (χ4n) is 5.32. The Morgan fingerprint density at radius 3 is 1.02 bits per heavy atom. The lowest BCUT2D eigenvalue weighted by Crippen LogP contribution is -2.27. The molecule has 0 saturated carbocycles. The number of aliphatic imine (C=N–C) groups is 2. The first-order chi connectivity index (χ1) is 20.4. The summed E-state index contributed by atoms with van der Waals surface area (Å²) in [6.45, 7) is 33.3. The van der Waals surface area contributed by atoms with Gasteiger partial charge in [0.25, 0.3) is 0 Å². The van der Waals surface area contributed by atoms with E-state index in [9.17, 15) is 0 Å². The fourth-order valence-corrected chi connectivity index (χ4v) is 6.83. The van der Waals surface area contributed by atoms with Gasteiger partial charge in [0.15, 0.2) is 16.6 Å². The third-order valence-electron chi connectivity index (χ3n) is 7.70. The first-order valence-corrected chi connectivity index (χ1v) is 23.9. The fraction of sp³-hybridized carbons (Fsp3) is 0.632. The average molecular weight is 637 g/mol. The third kappa shape index (κ3) is 12.5. The van der Waals surface area contributed by atoms with Gasteiger partial charge in [-0.05, 0) is 111 Å². The van der Waals surface area contributed by atoms with Crippen LogP contribution in [0, 0.1) is 0 Å². The van der Waals surface area contributed by atoms with Gasteiger partial charge in [0.05, 0.1) is 22.8 Å². The molecule has 0 bridgehead atoms. The van der Waals surface area contributed by atoms with E-state index in [4.69, 9.17) is 18.8 Å². The Kier molecular flexibility index (Phi) is 14.9. The monoisotopic (exact) mass is 636 g/mol. The number of hydrogen-bond donors (Lipinski definition) is 0. The average Bonchev–Trinajstić information content (AvgIpc) is 2.90. The third-order valence-corrected chi connectivity index (χ3v) is 9.84. The lowest BCUT2D eigenvalue weighted by Gasteiger charge is -2.22. The smallest absolute Gasteiger partial charge is 0.183 e. The van der Waals surface area contributed by atoms with Crippen LogP contribution in [-0.2, 0) is 8.85 Å². The van der Waals surface area contributed by atoms with Crippen molar-refractivity contribution in [2.75, 3.05) is 13.2 Å². The van der Waals surface area contributed by atoms with Gasteiger partial charge in [0.1, 0.15) is 0 Å². The van der Waals surface area contributed by atoms with E-state index in [1.54, 1.807) is 0 Å². The van der Waals surface area contributed by atoms with Crippen molar-refractivity contribution in [1.29, 1.82) is 0 Å². The summed E-state index contributed by atoms with van der Waals surface area (Å²) in [4.78, 5) is 11.2. The molecular weight excluding hydrogens is 573 g/mol. The summed E-state index contributed by atoms with van der Waals surface area (Å²) in [6, 6.07) is 13.4. The second-order valence-electron chi connectivity index (χ2n) is 15.4. The second-order valence-corrected chi connectivity index (χ2v) is 24.5. The van der Waals surface area contributed by atoms with Crippen LogP contribution in [0.3, 0.4) is 0 Å². The van der Waals surface area contributed by atoms with Crippen LogP contribution >= 0.6 is 0 Å². The SMILES string of the molecule is CC(C)c1cccc(C(C)C)c1N=C(CCCO[Si](C)(C)C)C(CCCO[Si](C)(C)C)=Nc1c(C(C)C)cccc1C(C)C. The molecule has 0 aliphatic heterocycles. The molecule has 2 aromatic rings. The summed E-state index contributed by atoms with van der Waals surface area (Å²) >= 11 is 0. The van der Waals surface area contributed by atoms with Gasteiger partial charge >= 0.3 is 0 Å². The summed E-state index contributed by atoms with van der Waals surface area (Å²) < 4.78 is 12.6. The molecule has 0 saturated heterocycles. The van der Waals surface area contributed by atoms with Gasteiger partial charge in [0, 0.05) is 13.2 Å². The summed E-state index contributed by atoms with van der Waals surface area (Å²) in [5, 5.41) is 0. The lowest BCUT2D eigenvalue weighted by atomic mass is 9.92. The van der Waals surface area contributed by atoms with Crippen LogP contribution in [0.25, 0.3) is 0 Å². The van der Waals surface area contributed by atoms with Gasteiger partial charge in [-0.1, -0.05) is 91.8 Å². The van der Waals surface area contributed by atoms with E-state index in [1.165, 1.54) is 22.3 Å². The van der Waals surface area contributed by atoms with E-state index >= 15 is 0 Å². The van der Waals surface area contributed by atoms with Gasteiger partial charge in [-0.25, -0.2) is 0 Å². The largest absolute Gasteiger partial charge is 0.418 e. The van der Waals surface area contributed by atoms with Crippen LogP contribution in [-0.4, -0.2) is 41.3 Å². The van der Waals surface area contributed by atoms with Crippen LogP contribution < -0.4 is 0 Å². The number of hydrogen-bond acceptors (Lipinski definition) is 4. The number of benzene rings is 2. The molecule has 0 fully saturated rings. The number of para-hydroxylation sites is 2. The lowest BCUT2D eigenvalue weighted by molar-refractivity contribution is 0.306. The van der Waals surface area contributed by atoms with Crippen molar-refractivity contribution in [3.63, 3.8) is 0 Å². The molecule has 0 N–H and O–H groups in total. The highest BCUT2D eigenvalue weighted by Gasteiger charge is 2.21. The first kappa shape index (κ1) is 38.3. The van der Waals surface area contributed by atoms with E-state index < -0.39 is 16.6 Å². The maximum absolute atomic E-state index is 6.32. The first-order valence-electron chi connectivity index (χ1n) is 17.1. The second kappa shape index (κ2) is 17.2. The molecule has 0 amide bonds. The maximum Gasteiger partial charge on any atom is 0.183 e. The molecule has 44 heavy (non-hydrogen) atoms. The molecule has 4 nitrogen and oxygen atoms in total. The molecule has 0 spiro atoms. The van der Waals surface area contributed by atoms with Crippen molar-refractivity contribution in [2.24, 2.45) is 9.98 Å². The zero-order valence-electron chi connectivity index (χ0n) is 30.7. The Morgan fingerprint density at radius 1 is 0.523 bits per heavy atom. The van der Waals surface area contributed by atoms with Crippen molar-refractivity contribution < 1.29 is 8.85 Å². The highest BCUT2D eigenvalue weighted by molar-refractivity contribution is 6.70. The Hall–Kier alpha value is -1.87. The highest BCUT2D eigenvalue weighted by Crippen LogP contribution is 2.37. The topological polar surface area (TPSA) is 43.2 Å². The van der Waals surface area contributed by atoms with E-state index in [2.05, 4.69) is 131 Å². The minimum Gasteiger partial charge on any atom is -0.418 e. The van der Waals surface area contributed by atoms with E-state index in [0.29, 0.717) is 23.7 Å². The van der Waals surface area contributed by atoms with Crippen LogP contribution in [0.5, 0.6) is 0 Å². The standard InChI is InChI=1S/C38H64N2O2Si2/c1-27(2)31-19-15-20-32(28(3)4)37(31)39-35(23-17-25-41-43(9,10)11)36(24-18-26-42-44(12,13)14)40-38-33(29(5)6)21-16-22-34(38)30(7)8/h15-16,19-22,27-30H,17-18,23-26H2,1-14H3. The van der Waals surface area contributed by atoms with E-state index in [-0.39, 0.29) is 0 Å². The molecule has 2 aromatic carbocycles. The van der Waals surface area contributed by atoms with Gasteiger partial charge in [-0.15, -0.1) is 0 Å². The van der Waals surface area contributed by atoms with Crippen molar-refractivity contribution >= 4 is 39.4 Å². The van der Waals surface area contributed by atoms with Gasteiger partial charge in [-0.2, -0.15) is 0 Å². The Labute approximate surface area is 273 Å². The summed E-state index contributed by atoms with van der Waals surface area (Å²) in [6.07, 6.45) is 3.53. The Morgan fingerprint density at radius 2 is 0.795 bits per heavy atom. The van der Waals surface area contributed by atoms with Crippen LogP contribution in [0.4, 0.5) is 11.4 Å². The Balaban J connectivity index is 2.83. The predicted molar refractivity (Wildman–Crippen MR) is 200 cm³/mol. The summed E-state index contributed by atoms with van der Waals surface area (Å²) in [7, 11) is -3.21. The minimum atomic E-state index is -1.61. The van der Waals surface area contributed by atoms with Crippen molar-refractivity contribution in [2.45, 2.75) is 144 Å². The molecule has 0 unspecified atom stereocenters. The zero-order chi connectivity index (χ0) is 33.2. The quantitative estimate of drug-likeness (QED) is 0.0985. The molecule has 0 atom stereocenters. The highest BCUT2D eigenvalue weighted by atomic mass is 28.4. The number of rotatable bonds is 17. The molecule has 0 aliphatic rings. The molecule has 0 radical (unpaired) electrons. The van der Waals surface area contributed by atoms with Crippen molar-refractivity contribution in [1.82, 2.24) is 0 Å². The zero-order valence-corrected chi connectivity index (χ0v) is 32.7. The van der Waals surface area contributed by atoms with E-state index in [0.717, 1.165) is 61.7 Å². The van der Waals surface area contributed by atoms with Crippen molar-refractivity contribution in [3.8, 4) is 0 Å². The molecule has 0 aromatic heterocycles. The summed E-state index contributed by atoms with van der Waals surface area (Å²) in [5.41, 5.74) is 9.67. The van der Waals surface area contributed by atoms with E-state index in [1.807, 2.05) is 0 Å². The summed E-state index contributed by atoms with van der Waals surface area (Å²) in [5.74, 6) is 1.51.